The minimum atomic E-state index is 0.0791. The summed E-state index contributed by atoms with van der Waals surface area (Å²) >= 11 is 1.73. The van der Waals surface area contributed by atoms with E-state index in [0.717, 1.165) is 35.9 Å². The zero-order chi connectivity index (χ0) is 13.2. The van der Waals surface area contributed by atoms with Crippen molar-refractivity contribution in [2.75, 3.05) is 18.0 Å². The Morgan fingerprint density at radius 1 is 1.21 bits per heavy atom. The topological polar surface area (TPSA) is 42.1 Å². The van der Waals surface area contributed by atoms with Crippen molar-refractivity contribution in [2.24, 2.45) is 5.73 Å². The SMILES string of the molecule is CC(N)c1cnc(N2CCc3ccccc3CC2)s1. The highest BCUT2D eigenvalue weighted by atomic mass is 32.1. The molecule has 0 spiro atoms. The van der Waals surface area contributed by atoms with Gasteiger partial charge in [0.2, 0.25) is 0 Å². The molecular formula is C15H19N3S. The van der Waals surface area contributed by atoms with E-state index in [-0.39, 0.29) is 6.04 Å². The Morgan fingerprint density at radius 3 is 2.37 bits per heavy atom. The molecule has 1 atom stereocenters. The number of benzene rings is 1. The highest BCUT2D eigenvalue weighted by molar-refractivity contribution is 7.15. The Morgan fingerprint density at radius 2 is 1.84 bits per heavy atom. The van der Waals surface area contributed by atoms with Gasteiger partial charge in [-0.15, -0.1) is 11.3 Å². The van der Waals surface area contributed by atoms with Crippen LogP contribution in [0.25, 0.3) is 0 Å². The van der Waals surface area contributed by atoms with Gasteiger partial charge in [0.1, 0.15) is 0 Å². The molecule has 0 amide bonds. The van der Waals surface area contributed by atoms with Gasteiger partial charge in [0, 0.05) is 30.2 Å². The number of rotatable bonds is 2. The Balaban J connectivity index is 1.77. The first-order valence-electron chi connectivity index (χ1n) is 6.77. The lowest BCUT2D eigenvalue weighted by molar-refractivity contribution is 0.801. The van der Waals surface area contributed by atoms with Crippen LogP contribution in [0.4, 0.5) is 5.13 Å². The maximum atomic E-state index is 5.91. The van der Waals surface area contributed by atoms with Gasteiger partial charge in [-0.25, -0.2) is 4.98 Å². The minimum Gasteiger partial charge on any atom is -0.347 e. The molecule has 2 N–H and O–H groups in total. The highest BCUT2D eigenvalue weighted by Crippen LogP contribution is 2.28. The lowest BCUT2D eigenvalue weighted by Crippen LogP contribution is -2.25. The van der Waals surface area contributed by atoms with E-state index < -0.39 is 0 Å². The molecule has 0 radical (unpaired) electrons. The fourth-order valence-electron chi connectivity index (χ4n) is 2.49. The molecule has 0 saturated heterocycles. The van der Waals surface area contributed by atoms with E-state index in [0.29, 0.717) is 0 Å². The molecule has 1 aliphatic heterocycles. The average molecular weight is 273 g/mol. The Labute approximate surface area is 118 Å². The van der Waals surface area contributed by atoms with Gasteiger partial charge in [-0.3, -0.25) is 0 Å². The molecule has 4 heteroatoms. The number of hydrogen-bond donors (Lipinski definition) is 1. The van der Waals surface area contributed by atoms with E-state index in [9.17, 15) is 0 Å². The maximum Gasteiger partial charge on any atom is 0.185 e. The van der Waals surface area contributed by atoms with E-state index in [2.05, 4.69) is 34.1 Å². The molecule has 2 aromatic rings. The molecule has 2 heterocycles. The number of anilines is 1. The Kier molecular flexibility index (Phi) is 3.53. The van der Waals surface area contributed by atoms with Gasteiger partial charge < -0.3 is 10.6 Å². The van der Waals surface area contributed by atoms with Crippen molar-refractivity contribution >= 4 is 16.5 Å². The second-order valence-corrected chi connectivity index (χ2v) is 6.13. The first-order chi connectivity index (χ1) is 9.24. The van der Waals surface area contributed by atoms with E-state index in [1.54, 1.807) is 11.3 Å². The van der Waals surface area contributed by atoms with Crippen LogP contribution < -0.4 is 10.6 Å². The van der Waals surface area contributed by atoms with Crippen LogP contribution in [0.15, 0.2) is 30.5 Å². The second-order valence-electron chi connectivity index (χ2n) is 5.09. The summed E-state index contributed by atoms with van der Waals surface area (Å²) in [6, 6.07) is 8.83. The third-order valence-corrected chi connectivity index (χ3v) is 4.91. The van der Waals surface area contributed by atoms with Crippen molar-refractivity contribution < 1.29 is 0 Å². The van der Waals surface area contributed by atoms with Gasteiger partial charge in [0.05, 0.1) is 0 Å². The number of thiazole rings is 1. The molecular weight excluding hydrogens is 254 g/mol. The molecule has 0 bridgehead atoms. The monoisotopic (exact) mass is 273 g/mol. The van der Waals surface area contributed by atoms with Crippen LogP contribution in [-0.2, 0) is 12.8 Å². The summed E-state index contributed by atoms with van der Waals surface area (Å²) < 4.78 is 0. The minimum absolute atomic E-state index is 0.0791. The van der Waals surface area contributed by atoms with Crippen molar-refractivity contribution in [2.45, 2.75) is 25.8 Å². The molecule has 0 saturated carbocycles. The molecule has 3 nitrogen and oxygen atoms in total. The molecule has 19 heavy (non-hydrogen) atoms. The van der Waals surface area contributed by atoms with Gasteiger partial charge in [0.25, 0.3) is 0 Å². The van der Waals surface area contributed by atoms with E-state index >= 15 is 0 Å². The number of nitrogens with two attached hydrogens (primary N) is 1. The summed E-state index contributed by atoms with van der Waals surface area (Å²) in [5.74, 6) is 0. The highest BCUT2D eigenvalue weighted by Gasteiger charge is 2.17. The first kappa shape index (κ1) is 12.6. The van der Waals surface area contributed by atoms with Crippen LogP contribution in [0.5, 0.6) is 0 Å². The normalized spacial score (nSPS) is 16.8. The van der Waals surface area contributed by atoms with Crippen LogP contribution in [0.3, 0.4) is 0 Å². The summed E-state index contributed by atoms with van der Waals surface area (Å²) in [7, 11) is 0. The molecule has 1 aromatic heterocycles. The van der Waals surface area contributed by atoms with E-state index in [1.807, 2.05) is 13.1 Å². The average Bonchev–Trinajstić information content (AvgIpc) is 2.80. The fraction of sp³-hybridized carbons (Fsp3) is 0.400. The molecule has 1 aromatic carbocycles. The van der Waals surface area contributed by atoms with Crippen molar-refractivity contribution in [3.8, 4) is 0 Å². The maximum absolute atomic E-state index is 5.91. The summed E-state index contributed by atoms with van der Waals surface area (Å²) in [4.78, 5) is 8.08. The number of nitrogens with zero attached hydrogens (tertiary/aromatic N) is 2. The third-order valence-electron chi connectivity index (χ3n) is 3.65. The quantitative estimate of drug-likeness (QED) is 0.915. The third kappa shape index (κ3) is 2.65. The Bertz CT molecular complexity index is 535. The van der Waals surface area contributed by atoms with Gasteiger partial charge in [-0.05, 0) is 30.9 Å². The fourth-order valence-corrected chi connectivity index (χ4v) is 3.41. The van der Waals surface area contributed by atoms with E-state index in [4.69, 9.17) is 5.73 Å². The summed E-state index contributed by atoms with van der Waals surface area (Å²) in [5, 5.41) is 1.11. The zero-order valence-corrected chi connectivity index (χ0v) is 12.0. The van der Waals surface area contributed by atoms with Crippen molar-refractivity contribution in [1.29, 1.82) is 0 Å². The molecule has 100 valence electrons. The van der Waals surface area contributed by atoms with Crippen LogP contribution in [0.1, 0.15) is 29.0 Å². The van der Waals surface area contributed by atoms with Crippen molar-refractivity contribution in [3.05, 3.63) is 46.5 Å². The summed E-state index contributed by atoms with van der Waals surface area (Å²) in [5.41, 5.74) is 8.87. The van der Waals surface area contributed by atoms with Crippen molar-refractivity contribution in [3.63, 3.8) is 0 Å². The van der Waals surface area contributed by atoms with Crippen molar-refractivity contribution in [1.82, 2.24) is 4.98 Å². The molecule has 0 fully saturated rings. The smallest absolute Gasteiger partial charge is 0.185 e. The standard InChI is InChI=1S/C15H19N3S/c1-11(16)14-10-17-15(19-14)18-8-6-12-4-2-3-5-13(12)7-9-18/h2-5,10-11H,6-9,16H2,1H3. The number of aromatic nitrogens is 1. The lowest BCUT2D eigenvalue weighted by Gasteiger charge is -2.18. The Hall–Kier alpha value is -1.39. The zero-order valence-electron chi connectivity index (χ0n) is 11.2. The number of hydrogen-bond acceptors (Lipinski definition) is 4. The number of fused-ring (bicyclic) bond motifs is 1. The largest absolute Gasteiger partial charge is 0.347 e. The predicted octanol–water partition coefficient (Wildman–Crippen LogP) is 2.77. The first-order valence-corrected chi connectivity index (χ1v) is 7.59. The van der Waals surface area contributed by atoms with Gasteiger partial charge in [0.15, 0.2) is 5.13 Å². The molecule has 1 unspecified atom stereocenters. The van der Waals surface area contributed by atoms with Crippen LogP contribution in [-0.4, -0.2) is 18.1 Å². The summed E-state index contributed by atoms with van der Waals surface area (Å²) in [6.45, 7) is 4.10. The molecule has 0 aliphatic carbocycles. The second kappa shape index (κ2) is 5.31. The molecule has 3 rings (SSSR count). The molecule has 1 aliphatic rings. The lowest BCUT2D eigenvalue weighted by atomic mass is 10.0. The predicted molar refractivity (Wildman–Crippen MR) is 80.8 cm³/mol. The van der Waals surface area contributed by atoms with Crippen LogP contribution in [0.2, 0.25) is 0 Å². The van der Waals surface area contributed by atoms with Gasteiger partial charge in [-0.1, -0.05) is 24.3 Å². The van der Waals surface area contributed by atoms with Gasteiger partial charge in [-0.2, -0.15) is 0 Å². The van der Waals surface area contributed by atoms with Gasteiger partial charge >= 0.3 is 0 Å². The van der Waals surface area contributed by atoms with Crippen LogP contribution in [0, 0.1) is 0 Å². The summed E-state index contributed by atoms with van der Waals surface area (Å²) in [6.07, 6.45) is 4.12. The van der Waals surface area contributed by atoms with Crippen LogP contribution >= 0.6 is 11.3 Å². The van der Waals surface area contributed by atoms with E-state index in [1.165, 1.54) is 11.1 Å².